The van der Waals surface area contributed by atoms with Gasteiger partial charge in [0, 0.05) is 25.1 Å². The van der Waals surface area contributed by atoms with Gasteiger partial charge in [0.25, 0.3) is 5.24 Å². The first kappa shape index (κ1) is 17.5. The average Bonchev–Trinajstić information content (AvgIpc) is 2.32. The Hall–Kier alpha value is -1.49. The molecule has 0 aliphatic rings. The highest BCUT2D eigenvalue weighted by Gasteiger charge is 2.07. The topological polar surface area (TPSA) is 46.6 Å². The third-order valence-electron chi connectivity index (χ3n) is 1.87. The van der Waals surface area contributed by atoms with Crippen LogP contribution in [0.3, 0.4) is 0 Å². The third-order valence-corrected chi connectivity index (χ3v) is 2.92. The van der Waals surface area contributed by atoms with Crippen molar-refractivity contribution in [1.29, 1.82) is 0 Å². The van der Waals surface area contributed by atoms with E-state index in [4.69, 9.17) is 0 Å². The first-order valence-electron chi connectivity index (χ1n) is 5.90. The van der Waals surface area contributed by atoms with Gasteiger partial charge in [-0.2, -0.15) is 0 Å². The third kappa shape index (κ3) is 9.13. The van der Waals surface area contributed by atoms with E-state index in [1.165, 1.54) is 18.1 Å². The number of thioether (sulfide) groups is 1. The van der Waals surface area contributed by atoms with E-state index in [0.717, 1.165) is 16.7 Å². The number of methoxy groups -OCH3 is 1. The van der Waals surface area contributed by atoms with Gasteiger partial charge in [0.05, 0.1) is 7.11 Å². The Morgan fingerprint density at radius 2 is 1.74 bits per heavy atom. The van der Waals surface area contributed by atoms with Crippen molar-refractivity contribution in [1.82, 2.24) is 4.90 Å². The Balaban J connectivity index is 4.70. The first-order chi connectivity index (χ1) is 8.86. The molecule has 0 aliphatic carbocycles. The van der Waals surface area contributed by atoms with E-state index in [1.807, 2.05) is 19.9 Å². The molecule has 19 heavy (non-hydrogen) atoms. The quantitative estimate of drug-likeness (QED) is 0.441. The van der Waals surface area contributed by atoms with Gasteiger partial charge >= 0.3 is 5.97 Å². The molecular formula is C14H21NO3S. The number of rotatable bonds is 5. The molecule has 1 amide bonds. The molecule has 0 heterocycles. The summed E-state index contributed by atoms with van der Waals surface area (Å²) >= 11 is 1.16. The van der Waals surface area contributed by atoms with E-state index >= 15 is 0 Å². The number of nitrogens with zero attached hydrogens (tertiary/aromatic N) is 1. The number of amides is 1. The maximum atomic E-state index is 11.6. The number of esters is 1. The van der Waals surface area contributed by atoms with Gasteiger partial charge in [0.2, 0.25) is 0 Å². The van der Waals surface area contributed by atoms with Gasteiger partial charge in [-0.05, 0) is 23.8 Å². The van der Waals surface area contributed by atoms with Crippen molar-refractivity contribution in [3.8, 4) is 0 Å². The molecule has 0 aromatic carbocycles. The zero-order chi connectivity index (χ0) is 14.8. The number of carbonyl (C=O) groups excluding carboxylic acids is 2. The normalized spacial score (nSPS) is 12.4. The Kier molecular flexibility index (Phi) is 8.70. The molecule has 0 rings (SSSR count). The molecule has 5 heteroatoms. The van der Waals surface area contributed by atoms with Crippen LogP contribution in [-0.4, -0.2) is 37.3 Å². The van der Waals surface area contributed by atoms with Crippen LogP contribution in [0.2, 0.25) is 0 Å². The van der Waals surface area contributed by atoms with Crippen LogP contribution in [0.25, 0.3) is 0 Å². The van der Waals surface area contributed by atoms with Crippen LogP contribution in [-0.2, 0) is 9.53 Å². The Morgan fingerprint density at radius 3 is 2.21 bits per heavy atom. The second-order valence-electron chi connectivity index (χ2n) is 4.32. The number of hydrogen-bond acceptors (Lipinski definition) is 4. The molecule has 0 saturated heterocycles. The van der Waals surface area contributed by atoms with E-state index in [1.54, 1.807) is 32.3 Å². The summed E-state index contributed by atoms with van der Waals surface area (Å²) in [6.07, 6.45) is 8.41. The zero-order valence-electron chi connectivity index (χ0n) is 12.0. The van der Waals surface area contributed by atoms with Crippen LogP contribution in [0.4, 0.5) is 4.79 Å². The lowest BCUT2D eigenvalue weighted by Gasteiger charge is -2.10. The van der Waals surface area contributed by atoms with Crippen molar-refractivity contribution in [3.63, 3.8) is 0 Å². The largest absolute Gasteiger partial charge is 0.466 e. The van der Waals surface area contributed by atoms with Gasteiger partial charge in [-0.25, -0.2) is 4.79 Å². The SMILES string of the molecule is COC(=O)\C=C/C=C/C(=C\C(C)C)SC(=O)N(C)C. The standard InChI is InChI=1S/C14H21NO3S/c1-11(2)10-12(19-14(17)15(3)4)8-6-7-9-13(16)18-5/h6-11H,1-5H3/b8-6+,9-7-,12-10+. The highest BCUT2D eigenvalue weighted by atomic mass is 32.2. The fraction of sp³-hybridized carbons (Fsp3) is 0.429. The molecule has 0 aromatic heterocycles. The predicted molar refractivity (Wildman–Crippen MR) is 79.9 cm³/mol. The summed E-state index contributed by atoms with van der Waals surface area (Å²) in [6.45, 7) is 4.08. The maximum absolute atomic E-state index is 11.6. The maximum Gasteiger partial charge on any atom is 0.330 e. The summed E-state index contributed by atoms with van der Waals surface area (Å²) in [5.74, 6) is -0.0669. The number of carbonyl (C=O) groups is 2. The molecule has 0 spiro atoms. The fourth-order valence-electron chi connectivity index (χ4n) is 0.997. The molecule has 0 fully saturated rings. The van der Waals surface area contributed by atoms with Gasteiger partial charge in [0.15, 0.2) is 0 Å². The van der Waals surface area contributed by atoms with Crippen LogP contribution in [0.1, 0.15) is 13.8 Å². The molecule has 0 saturated carbocycles. The summed E-state index contributed by atoms with van der Waals surface area (Å²) < 4.78 is 4.48. The minimum absolute atomic E-state index is 0.0338. The molecule has 0 atom stereocenters. The summed E-state index contributed by atoms with van der Waals surface area (Å²) in [6, 6.07) is 0. The average molecular weight is 283 g/mol. The van der Waals surface area contributed by atoms with Crippen molar-refractivity contribution in [2.75, 3.05) is 21.2 Å². The van der Waals surface area contributed by atoms with Crippen LogP contribution < -0.4 is 0 Å². The number of ether oxygens (including phenoxy) is 1. The molecule has 0 unspecified atom stereocenters. The van der Waals surface area contributed by atoms with E-state index in [-0.39, 0.29) is 5.24 Å². The molecule has 106 valence electrons. The Labute approximate surface area is 119 Å². The lowest BCUT2D eigenvalue weighted by molar-refractivity contribution is -0.134. The number of hydrogen-bond donors (Lipinski definition) is 0. The van der Waals surface area contributed by atoms with Crippen molar-refractivity contribution in [2.24, 2.45) is 5.92 Å². The summed E-state index contributed by atoms with van der Waals surface area (Å²) in [5.41, 5.74) is 0. The van der Waals surface area contributed by atoms with E-state index in [0.29, 0.717) is 5.92 Å². The van der Waals surface area contributed by atoms with Gasteiger partial charge in [-0.1, -0.05) is 32.1 Å². The van der Waals surface area contributed by atoms with Crippen LogP contribution in [0, 0.1) is 5.92 Å². The second-order valence-corrected chi connectivity index (χ2v) is 5.34. The Morgan fingerprint density at radius 1 is 1.16 bits per heavy atom. The van der Waals surface area contributed by atoms with Crippen molar-refractivity contribution in [2.45, 2.75) is 13.8 Å². The Bertz CT molecular complexity index is 395. The monoisotopic (exact) mass is 283 g/mol. The van der Waals surface area contributed by atoms with Crippen LogP contribution >= 0.6 is 11.8 Å². The zero-order valence-corrected chi connectivity index (χ0v) is 12.9. The second kappa shape index (κ2) is 9.44. The molecule has 0 radical (unpaired) electrons. The van der Waals surface area contributed by atoms with Gasteiger partial charge in [0.1, 0.15) is 0 Å². The van der Waals surface area contributed by atoms with Crippen molar-refractivity contribution < 1.29 is 14.3 Å². The lowest BCUT2D eigenvalue weighted by atomic mass is 10.2. The fourth-order valence-corrected chi connectivity index (χ4v) is 1.87. The minimum atomic E-state index is -0.406. The van der Waals surface area contributed by atoms with E-state index in [9.17, 15) is 9.59 Å². The molecule has 0 N–H and O–H groups in total. The predicted octanol–water partition coefficient (Wildman–Crippen LogP) is 3.23. The van der Waals surface area contributed by atoms with E-state index < -0.39 is 5.97 Å². The minimum Gasteiger partial charge on any atom is -0.466 e. The molecular weight excluding hydrogens is 262 g/mol. The van der Waals surface area contributed by atoms with Crippen LogP contribution in [0.5, 0.6) is 0 Å². The van der Waals surface area contributed by atoms with Gasteiger partial charge in [-0.3, -0.25) is 4.79 Å². The van der Waals surface area contributed by atoms with Crippen LogP contribution in [0.15, 0.2) is 35.3 Å². The highest BCUT2D eigenvalue weighted by molar-refractivity contribution is 8.17. The molecule has 0 aliphatic heterocycles. The summed E-state index contributed by atoms with van der Waals surface area (Å²) in [5, 5.41) is -0.0338. The summed E-state index contributed by atoms with van der Waals surface area (Å²) in [4.78, 5) is 24.9. The van der Waals surface area contributed by atoms with Gasteiger partial charge < -0.3 is 9.64 Å². The van der Waals surface area contributed by atoms with Gasteiger partial charge in [-0.15, -0.1) is 0 Å². The van der Waals surface area contributed by atoms with Crippen molar-refractivity contribution in [3.05, 3.63) is 35.3 Å². The summed E-state index contributed by atoms with van der Waals surface area (Å²) in [7, 11) is 4.75. The van der Waals surface area contributed by atoms with E-state index in [2.05, 4.69) is 4.74 Å². The molecule has 0 aromatic rings. The van der Waals surface area contributed by atoms with Crippen molar-refractivity contribution >= 4 is 23.0 Å². The number of allylic oxidation sites excluding steroid dienone is 4. The molecule has 0 bridgehead atoms. The molecule has 4 nitrogen and oxygen atoms in total. The smallest absolute Gasteiger partial charge is 0.330 e. The first-order valence-corrected chi connectivity index (χ1v) is 6.72. The highest BCUT2D eigenvalue weighted by Crippen LogP contribution is 2.22. The lowest BCUT2D eigenvalue weighted by Crippen LogP contribution is -2.16.